The first-order chi connectivity index (χ1) is 14.8. The third-order valence-electron chi connectivity index (χ3n) is 4.47. The normalized spacial score (nSPS) is 12.9. The molecule has 2 aromatic carbocycles. The van der Waals surface area contributed by atoms with E-state index < -0.39 is 24.2 Å². The minimum atomic E-state index is -0.923. The first kappa shape index (κ1) is 24.4. The molecule has 0 spiro atoms. The summed E-state index contributed by atoms with van der Waals surface area (Å²) in [6.45, 7) is 1.94. The second-order valence-corrected chi connectivity index (χ2v) is 7.67. The summed E-state index contributed by atoms with van der Waals surface area (Å²) in [7, 11) is 1.47. The van der Waals surface area contributed by atoms with Gasteiger partial charge in [-0.05, 0) is 50.1 Å². The summed E-state index contributed by atoms with van der Waals surface area (Å²) in [5, 5.41) is 21.6. The summed E-state index contributed by atoms with van der Waals surface area (Å²) in [5.41, 5.74) is 3.50. The third-order valence-corrected chi connectivity index (χ3v) is 4.96. The zero-order chi connectivity index (χ0) is 22.8. The average molecular weight is 493 g/mol. The number of amides is 2. The second-order valence-electron chi connectivity index (χ2n) is 6.75. The third kappa shape index (κ3) is 7.71. The number of phenols is 1. The Morgan fingerprint density at radius 1 is 1.19 bits per heavy atom. The molecule has 0 aromatic heterocycles. The molecule has 0 saturated carbocycles. The Kier molecular flexibility index (Phi) is 9.51. The maximum atomic E-state index is 12.6. The van der Waals surface area contributed by atoms with Gasteiger partial charge in [0.1, 0.15) is 5.75 Å². The summed E-state index contributed by atoms with van der Waals surface area (Å²) in [4.78, 5) is 23.7. The predicted octanol–water partition coefficient (Wildman–Crippen LogP) is 4.61. The molecule has 9 heteroatoms. The maximum absolute atomic E-state index is 12.6. The number of methoxy groups -OCH3 is 1. The van der Waals surface area contributed by atoms with Crippen molar-refractivity contribution >= 4 is 33.6 Å². The number of rotatable bonds is 9. The summed E-state index contributed by atoms with van der Waals surface area (Å²) >= 11 is 3.36. The molecule has 0 saturated heterocycles. The molecular weight excluding hydrogens is 468 g/mol. The van der Waals surface area contributed by atoms with Crippen molar-refractivity contribution in [1.82, 2.24) is 5.48 Å². The number of phenolic OH excluding ortho intramolecular Hbond substituents is 1. The molecule has 0 bridgehead atoms. The first-order valence-electron chi connectivity index (χ1n) is 9.50. The van der Waals surface area contributed by atoms with Crippen LogP contribution in [0.2, 0.25) is 0 Å². The molecule has 166 valence electrons. The number of hydrogen-bond acceptors (Lipinski definition) is 6. The number of aromatic hydroxyl groups is 1. The van der Waals surface area contributed by atoms with Gasteiger partial charge in [0, 0.05) is 28.9 Å². The number of allylic oxidation sites excluding steroid dienone is 1. The van der Waals surface area contributed by atoms with Crippen LogP contribution in [0, 0.1) is 6.92 Å². The highest BCUT2D eigenvalue weighted by Gasteiger charge is 2.29. The Balaban J connectivity index is 2.21. The molecule has 2 aromatic rings. The van der Waals surface area contributed by atoms with Crippen LogP contribution >= 0.6 is 15.9 Å². The fraction of sp³-hybridized carbons (Fsp3) is 0.273. The van der Waals surface area contributed by atoms with Crippen LogP contribution in [0.5, 0.6) is 5.75 Å². The van der Waals surface area contributed by atoms with Crippen molar-refractivity contribution in [3.63, 3.8) is 0 Å². The monoisotopic (exact) mass is 492 g/mol. The van der Waals surface area contributed by atoms with Gasteiger partial charge in [-0.15, -0.1) is 0 Å². The molecule has 0 heterocycles. The van der Waals surface area contributed by atoms with Gasteiger partial charge in [0.05, 0.1) is 6.10 Å². The fourth-order valence-corrected chi connectivity index (χ4v) is 3.25. The molecule has 2 rings (SSSR count). The number of hydrogen-bond donors (Lipinski definition) is 4. The Morgan fingerprint density at radius 2 is 1.90 bits per heavy atom. The largest absolute Gasteiger partial charge is 0.508 e. The van der Waals surface area contributed by atoms with E-state index in [2.05, 4.69) is 21.2 Å². The van der Waals surface area contributed by atoms with Gasteiger partial charge in [-0.1, -0.05) is 39.7 Å². The summed E-state index contributed by atoms with van der Waals surface area (Å²) in [6, 6.07) is 12.0. The van der Waals surface area contributed by atoms with E-state index in [9.17, 15) is 14.7 Å². The summed E-state index contributed by atoms with van der Waals surface area (Å²) in [6.07, 6.45) is 1.27. The average Bonchev–Trinajstić information content (AvgIpc) is 2.75. The van der Waals surface area contributed by atoms with E-state index >= 15 is 0 Å². The number of ether oxygens (including phenoxy) is 2. The molecule has 2 atom stereocenters. The SMILES string of the molecule is CO[C@@H](CC/C=C/C(=O)NO)[C@@H](OC(=O)Nc1ccc(C)cc1)c1cc(Br)ccc1O. The number of carbonyl (C=O) groups excluding carboxylic acids is 2. The van der Waals surface area contributed by atoms with E-state index in [1.54, 1.807) is 30.3 Å². The number of carbonyl (C=O) groups is 2. The Labute approximate surface area is 189 Å². The van der Waals surface area contributed by atoms with Crippen LogP contribution < -0.4 is 10.8 Å². The lowest BCUT2D eigenvalue weighted by molar-refractivity contribution is -0.124. The van der Waals surface area contributed by atoms with Crippen LogP contribution in [0.25, 0.3) is 0 Å². The number of anilines is 1. The lowest BCUT2D eigenvalue weighted by Crippen LogP contribution is -2.28. The number of hydroxylamine groups is 1. The molecule has 4 N–H and O–H groups in total. The minimum Gasteiger partial charge on any atom is -0.508 e. The van der Waals surface area contributed by atoms with Crippen molar-refractivity contribution in [3.8, 4) is 5.75 Å². The number of nitrogens with one attached hydrogen (secondary N) is 2. The van der Waals surface area contributed by atoms with Crippen LogP contribution in [-0.2, 0) is 14.3 Å². The predicted molar refractivity (Wildman–Crippen MR) is 119 cm³/mol. The van der Waals surface area contributed by atoms with Crippen LogP contribution in [0.3, 0.4) is 0 Å². The molecule has 31 heavy (non-hydrogen) atoms. The van der Waals surface area contributed by atoms with Crippen molar-refractivity contribution in [3.05, 3.63) is 70.2 Å². The van der Waals surface area contributed by atoms with Crippen molar-refractivity contribution in [2.45, 2.75) is 32.0 Å². The number of aryl methyl sites for hydroxylation is 1. The van der Waals surface area contributed by atoms with Gasteiger partial charge < -0.3 is 14.6 Å². The minimum absolute atomic E-state index is 0.0476. The molecule has 0 aliphatic carbocycles. The second kappa shape index (κ2) is 12.1. The molecule has 0 aliphatic heterocycles. The Bertz CT molecular complexity index is 917. The van der Waals surface area contributed by atoms with E-state index in [1.165, 1.54) is 24.7 Å². The topological polar surface area (TPSA) is 117 Å². The molecule has 0 unspecified atom stereocenters. The van der Waals surface area contributed by atoms with Gasteiger partial charge in [0.2, 0.25) is 0 Å². The smallest absolute Gasteiger partial charge is 0.412 e. The van der Waals surface area contributed by atoms with Crippen LogP contribution in [0.15, 0.2) is 59.1 Å². The van der Waals surface area contributed by atoms with E-state index in [0.717, 1.165) is 5.56 Å². The highest BCUT2D eigenvalue weighted by atomic mass is 79.9. The van der Waals surface area contributed by atoms with Crippen LogP contribution in [0.4, 0.5) is 10.5 Å². The van der Waals surface area contributed by atoms with Crippen molar-refractivity contribution in [1.29, 1.82) is 0 Å². The maximum Gasteiger partial charge on any atom is 0.412 e. The van der Waals surface area contributed by atoms with Crippen LogP contribution in [-0.4, -0.2) is 35.5 Å². The molecule has 0 aliphatic rings. The van der Waals surface area contributed by atoms with E-state index in [1.807, 2.05) is 19.1 Å². The van der Waals surface area contributed by atoms with Gasteiger partial charge in [-0.25, -0.2) is 10.3 Å². The van der Waals surface area contributed by atoms with Gasteiger partial charge in [0.25, 0.3) is 5.91 Å². The Morgan fingerprint density at radius 3 is 2.55 bits per heavy atom. The number of halogens is 1. The molecule has 0 radical (unpaired) electrons. The molecule has 2 amide bonds. The lowest BCUT2D eigenvalue weighted by Gasteiger charge is -2.27. The fourth-order valence-electron chi connectivity index (χ4n) is 2.87. The van der Waals surface area contributed by atoms with Gasteiger partial charge >= 0.3 is 6.09 Å². The summed E-state index contributed by atoms with van der Waals surface area (Å²) in [5.74, 6) is -0.697. The van der Waals surface area contributed by atoms with Crippen molar-refractivity contribution in [2.75, 3.05) is 12.4 Å². The Hall–Kier alpha value is -2.88. The quantitative estimate of drug-likeness (QED) is 0.230. The zero-order valence-electron chi connectivity index (χ0n) is 17.2. The highest BCUT2D eigenvalue weighted by molar-refractivity contribution is 9.10. The van der Waals surface area contributed by atoms with Gasteiger partial charge in [-0.3, -0.25) is 15.3 Å². The molecule has 0 fully saturated rings. The van der Waals surface area contributed by atoms with E-state index in [-0.39, 0.29) is 5.75 Å². The highest BCUT2D eigenvalue weighted by Crippen LogP contribution is 2.35. The lowest BCUT2D eigenvalue weighted by atomic mass is 9.99. The summed E-state index contributed by atoms with van der Waals surface area (Å²) < 4.78 is 11.9. The van der Waals surface area contributed by atoms with Gasteiger partial charge in [-0.2, -0.15) is 0 Å². The molecule has 8 nitrogen and oxygen atoms in total. The van der Waals surface area contributed by atoms with Crippen molar-refractivity contribution < 1.29 is 29.4 Å². The van der Waals surface area contributed by atoms with Crippen LogP contribution in [0.1, 0.15) is 30.1 Å². The van der Waals surface area contributed by atoms with E-state index in [4.69, 9.17) is 14.7 Å². The number of benzene rings is 2. The van der Waals surface area contributed by atoms with Gasteiger partial charge in [0.15, 0.2) is 6.10 Å². The standard InChI is InChI=1S/C22H25BrN2O6/c1-14-7-10-16(11-8-14)24-22(28)31-21(17-13-15(23)9-12-18(17)26)19(30-2)5-3-4-6-20(27)25-29/h4,6-13,19,21,26,29H,3,5H2,1-2H3,(H,24,28)(H,25,27)/b6-4+/t19-,21-/m0/s1. The van der Waals surface area contributed by atoms with Crippen molar-refractivity contribution in [2.24, 2.45) is 0 Å². The molecular formula is C22H25BrN2O6. The van der Waals surface area contributed by atoms with E-state index in [0.29, 0.717) is 28.6 Å². The first-order valence-corrected chi connectivity index (χ1v) is 10.3. The zero-order valence-corrected chi connectivity index (χ0v) is 18.8.